The van der Waals surface area contributed by atoms with Crippen LogP contribution in [0.3, 0.4) is 0 Å². The van der Waals surface area contributed by atoms with E-state index in [0.29, 0.717) is 12.2 Å². The number of hydrogen-bond acceptors (Lipinski definition) is 6. The van der Waals surface area contributed by atoms with Crippen LogP contribution in [0.2, 0.25) is 0 Å². The van der Waals surface area contributed by atoms with Crippen molar-refractivity contribution in [1.82, 2.24) is 0 Å². The first-order chi connectivity index (χ1) is 10.1. The van der Waals surface area contributed by atoms with Gasteiger partial charge in [-0.1, -0.05) is 35.1 Å². The number of esters is 1. The number of rotatable bonds is 8. The molecule has 1 fully saturated rings. The molecule has 0 N–H and O–H groups in total. The molecule has 2 aliphatic rings. The summed E-state index contributed by atoms with van der Waals surface area (Å²) in [5.74, 6) is 1.55. The quantitative estimate of drug-likeness (QED) is 0.220. The van der Waals surface area contributed by atoms with Crippen LogP contribution in [-0.4, -0.2) is 29.2 Å². The Morgan fingerprint density at radius 2 is 2.48 bits per heavy atom. The van der Waals surface area contributed by atoms with E-state index in [0.717, 1.165) is 18.1 Å². The van der Waals surface area contributed by atoms with Crippen molar-refractivity contribution in [2.75, 3.05) is 12.4 Å². The van der Waals surface area contributed by atoms with Crippen LogP contribution in [0.1, 0.15) is 39.0 Å². The maximum Gasteiger partial charge on any atom is 0.330 e. The number of cyclic esters (lactones) is 1. The van der Waals surface area contributed by atoms with Gasteiger partial charge in [-0.3, -0.25) is 0 Å². The second-order valence-corrected chi connectivity index (χ2v) is 8.07. The normalized spacial score (nSPS) is 28.4. The Labute approximate surface area is 134 Å². The Hall–Kier alpha value is -0.590. The highest BCUT2D eigenvalue weighted by Gasteiger charge is 2.33. The van der Waals surface area contributed by atoms with Gasteiger partial charge in [-0.25, -0.2) is 4.79 Å². The van der Waals surface area contributed by atoms with Gasteiger partial charge in [0, 0.05) is 23.5 Å². The fourth-order valence-electron chi connectivity index (χ4n) is 2.12. The number of allylic oxidation sites excluding steroid dienone is 1. The van der Waals surface area contributed by atoms with Gasteiger partial charge >= 0.3 is 5.97 Å². The first kappa shape index (κ1) is 16.8. The zero-order valence-corrected chi connectivity index (χ0v) is 14.0. The third-order valence-electron chi connectivity index (χ3n) is 3.61. The Balaban J connectivity index is 1.67. The molecule has 2 heterocycles. The van der Waals surface area contributed by atoms with E-state index in [1.807, 2.05) is 28.5 Å². The van der Waals surface area contributed by atoms with Crippen molar-refractivity contribution < 1.29 is 19.3 Å². The Morgan fingerprint density at radius 1 is 1.62 bits per heavy atom. The van der Waals surface area contributed by atoms with Crippen LogP contribution in [-0.2, 0) is 19.3 Å². The lowest BCUT2D eigenvalue weighted by molar-refractivity contribution is -0.331. The standard InChI is InChI=1S/C15H22O4S2/c1-3-15(9-7-14(16)17-11-15)19-18-12(2)5-4-6-13-8-10-20-21-13/h7,9,13H,2-6,8,10-11H2,1H3. The predicted octanol–water partition coefficient (Wildman–Crippen LogP) is 4.03. The van der Waals surface area contributed by atoms with Crippen LogP contribution in [0.15, 0.2) is 24.5 Å². The molecule has 0 aliphatic carbocycles. The summed E-state index contributed by atoms with van der Waals surface area (Å²) < 4.78 is 5.00. The molecule has 2 rings (SSSR count). The molecule has 0 saturated carbocycles. The summed E-state index contributed by atoms with van der Waals surface area (Å²) >= 11 is 0. The van der Waals surface area contributed by atoms with Crippen molar-refractivity contribution in [3.8, 4) is 0 Å². The van der Waals surface area contributed by atoms with Gasteiger partial charge in [-0.15, -0.1) is 0 Å². The molecule has 2 aliphatic heterocycles. The summed E-state index contributed by atoms with van der Waals surface area (Å²) in [6.07, 6.45) is 8.10. The molecule has 118 valence electrons. The summed E-state index contributed by atoms with van der Waals surface area (Å²) in [6.45, 7) is 6.04. The molecule has 0 radical (unpaired) electrons. The zero-order chi connectivity index (χ0) is 15.1. The predicted molar refractivity (Wildman–Crippen MR) is 86.7 cm³/mol. The van der Waals surface area contributed by atoms with Gasteiger partial charge in [0.15, 0.2) is 5.60 Å². The van der Waals surface area contributed by atoms with Gasteiger partial charge in [0.05, 0.1) is 0 Å². The minimum atomic E-state index is -0.686. The fraction of sp³-hybridized carbons (Fsp3) is 0.667. The van der Waals surface area contributed by atoms with Crippen LogP contribution >= 0.6 is 21.6 Å². The largest absolute Gasteiger partial charge is 0.459 e. The van der Waals surface area contributed by atoms with E-state index < -0.39 is 5.60 Å². The molecule has 6 heteroatoms. The van der Waals surface area contributed by atoms with Crippen molar-refractivity contribution >= 4 is 27.6 Å². The van der Waals surface area contributed by atoms with Crippen molar-refractivity contribution in [2.45, 2.75) is 49.9 Å². The van der Waals surface area contributed by atoms with E-state index in [4.69, 9.17) is 14.5 Å². The number of ether oxygens (including phenoxy) is 1. The van der Waals surface area contributed by atoms with E-state index in [2.05, 4.69) is 6.58 Å². The first-order valence-electron chi connectivity index (χ1n) is 7.31. The summed E-state index contributed by atoms with van der Waals surface area (Å²) in [5, 5.41) is 0.770. The van der Waals surface area contributed by atoms with E-state index >= 15 is 0 Å². The van der Waals surface area contributed by atoms with Gasteiger partial charge in [-0.05, 0) is 31.8 Å². The van der Waals surface area contributed by atoms with E-state index in [1.54, 1.807) is 6.08 Å². The molecule has 2 unspecified atom stereocenters. The maximum atomic E-state index is 11.0. The van der Waals surface area contributed by atoms with Crippen molar-refractivity contribution in [2.24, 2.45) is 0 Å². The van der Waals surface area contributed by atoms with Gasteiger partial charge in [-0.2, -0.15) is 4.89 Å². The lowest BCUT2D eigenvalue weighted by Crippen LogP contribution is -2.38. The van der Waals surface area contributed by atoms with Crippen LogP contribution < -0.4 is 0 Å². The van der Waals surface area contributed by atoms with E-state index in [9.17, 15) is 4.79 Å². The molecule has 4 nitrogen and oxygen atoms in total. The molecule has 2 atom stereocenters. The smallest absolute Gasteiger partial charge is 0.330 e. The van der Waals surface area contributed by atoms with Gasteiger partial charge in [0.2, 0.25) is 0 Å². The molecular weight excluding hydrogens is 308 g/mol. The molecule has 0 aromatic heterocycles. The minimum absolute atomic E-state index is 0.183. The highest BCUT2D eigenvalue weighted by Crippen LogP contribution is 2.40. The summed E-state index contributed by atoms with van der Waals surface area (Å²) in [6, 6.07) is 0. The minimum Gasteiger partial charge on any atom is -0.459 e. The Bertz CT molecular complexity index is 404. The molecule has 0 bridgehead atoms. The van der Waals surface area contributed by atoms with Gasteiger partial charge in [0.1, 0.15) is 12.4 Å². The molecule has 0 aromatic rings. The van der Waals surface area contributed by atoms with E-state index in [-0.39, 0.29) is 12.6 Å². The first-order valence-corrected chi connectivity index (χ1v) is 9.69. The van der Waals surface area contributed by atoms with Gasteiger partial charge in [0.25, 0.3) is 0 Å². The monoisotopic (exact) mass is 330 g/mol. The highest BCUT2D eigenvalue weighted by molar-refractivity contribution is 8.77. The SMILES string of the molecule is C=C(CCCC1CCSS1)OOC1(CC)C=CC(=O)OC1. The third-order valence-corrected chi connectivity index (χ3v) is 6.62. The van der Waals surface area contributed by atoms with Crippen LogP contribution in [0.4, 0.5) is 0 Å². The molecular formula is C15H22O4S2. The number of carbonyl (C=O) groups excluding carboxylic acids is 1. The lowest BCUT2D eigenvalue weighted by atomic mass is 10.00. The lowest BCUT2D eigenvalue weighted by Gasteiger charge is -2.29. The summed E-state index contributed by atoms with van der Waals surface area (Å²) in [5.41, 5.74) is -0.686. The van der Waals surface area contributed by atoms with Crippen molar-refractivity contribution in [3.05, 3.63) is 24.5 Å². The third kappa shape index (κ3) is 5.27. The average molecular weight is 330 g/mol. The average Bonchev–Trinajstić information content (AvgIpc) is 3.01. The number of hydrogen-bond donors (Lipinski definition) is 0. The molecule has 0 spiro atoms. The van der Waals surface area contributed by atoms with Crippen LogP contribution in [0.25, 0.3) is 0 Å². The van der Waals surface area contributed by atoms with Crippen LogP contribution in [0.5, 0.6) is 0 Å². The molecule has 0 amide bonds. The zero-order valence-electron chi connectivity index (χ0n) is 12.3. The van der Waals surface area contributed by atoms with Crippen molar-refractivity contribution in [1.29, 1.82) is 0 Å². The van der Waals surface area contributed by atoms with Crippen molar-refractivity contribution in [3.63, 3.8) is 0 Å². The van der Waals surface area contributed by atoms with Crippen LogP contribution in [0, 0.1) is 0 Å². The topological polar surface area (TPSA) is 44.8 Å². The van der Waals surface area contributed by atoms with E-state index in [1.165, 1.54) is 24.7 Å². The second kappa shape index (κ2) is 8.15. The highest BCUT2D eigenvalue weighted by atomic mass is 33.1. The molecule has 1 saturated heterocycles. The van der Waals surface area contributed by atoms with Gasteiger partial charge < -0.3 is 9.62 Å². The summed E-state index contributed by atoms with van der Waals surface area (Å²) in [4.78, 5) is 21.9. The molecule has 21 heavy (non-hydrogen) atoms. The maximum absolute atomic E-state index is 11.0. The number of carbonyl (C=O) groups is 1. The summed E-state index contributed by atoms with van der Waals surface area (Å²) in [7, 11) is 3.95. The molecule has 0 aromatic carbocycles. The fourth-order valence-corrected chi connectivity index (χ4v) is 5.14. The Kier molecular flexibility index (Phi) is 6.51. The Morgan fingerprint density at radius 3 is 3.10 bits per heavy atom. The second-order valence-electron chi connectivity index (χ2n) is 5.29.